The van der Waals surface area contributed by atoms with Crippen LogP contribution in [0, 0.1) is 0 Å². The molecule has 94 valence electrons. The van der Waals surface area contributed by atoms with E-state index in [1.165, 1.54) is 0 Å². The number of aromatic amines is 1. The molecule has 18 heavy (non-hydrogen) atoms. The molecule has 0 aliphatic heterocycles. The second kappa shape index (κ2) is 4.74. The Morgan fingerprint density at radius 2 is 2.17 bits per heavy atom. The van der Waals surface area contributed by atoms with Gasteiger partial charge in [0.25, 0.3) is 0 Å². The van der Waals surface area contributed by atoms with E-state index in [-0.39, 0.29) is 6.54 Å². The number of H-pyrrole nitrogens is 1. The van der Waals surface area contributed by atoms with Crippen LogP contribution in [0.1, 0.15) is 5.56 Å². The minimum absolute atomic E-state index is 0.200. The molecule has 2 rings (SSSR count). The first-order chi connectivity index (χ1) is 8.56. The summed E-state index contributed by atoms with van der Waals surface area (Å²) in [5.41, 5.74) is 1.86. The number of amides is 1. The number of benzene rings is 1. The highest BCUT2D eigenvalue weighted by atomic mass is 16.4. The third kappa shape index (κ3) is 2.57. The van der Waals surface area contributed by atoms with Gasteiger partial charge in [0.05, 0.1) is 5.52 Å². The van der Waals surface area contributed by atoms with Crippen LogP contribution in [0.5, 0.6) is 0 Å². The van der Waals surface area contributed by atoms with Crippen molar-refractivity contribution in [3.05, 3.63) is 34.3 Å². The number of fused-ring (bicyclic) bond motifs is 1. The summed E-state index contributed by atoms with van der Waals surface area (Å²) >= 11 is 0. The van der Waals surface area contributed by atoms with Crippen LogP contribution in [-0.4, -0.2) is 28.5 Å². The van der Waals surface area contributed by atoms with Crippen LogP contribution in [0.2, 0.25) is 0 Å². The molecule has 1 aromatic heterocycles. The van der Waals surface area contributed by atoms with Gasteiger partial charge in [0.15, 0.2) is 5.58 Å². The summed E-state index contributed by atoms with van der Waals surface area (Å²) in [6, 6.07) is 5.12. The van der Waals surface area contributed by atoms with E-state index < -0.39 is 17.6 Å². The fourth-order valence-electron chi connectivity index (χ4n) is 1.54. The maximum Gasteiger partial charge on any atom is 0.417 e. The predicted molar refractivity (Wildman–Crippen MR) is 61.2 cm³/mol. The Bertz CT molecular complexity index is 655. The number of oxazole rings is 1. The molecular weight excluding hydrogens is 240 g/mol. The SMILES string of the molecule is O=C(O)C(=O)NCCc1ccc2[nH]c(=O)oc2c1. The van der Waals surface area contributed by atoms with E-state index in [1.807, 2.05) is 0 Å². The summed E-state index contributed by atoms with van der Waals surface area (Å²) in [6.45, 7) is 0.200. The minimum Gasteiger partial charge on any atom is -0.474 e. The molecule has 0 saturated carbocycles. The van der Waals surface area contributed by atoms with Crippen LogP contribution in [0.3, 0.4) is 0 Å². The Hall–Kier alpha value is -2.57. The van der Waals surface area contributed by atoms with Crippen LogP contribution in [-0.2, 0) is 16.0 Å². The maximum absolute atomic E-state index is 10.9. The summed E-state index contributed by atoms with van der Waals surface area (Å²) in [4.78, 5) is 34.5. The van der Waals surface area contributed by atoms with Gasteiger partial charge >= 0.3 is 17.6 Å². The van der Waals surface area contributed by atoms with Crippen LogP contribution >= 0.6 is 0 Å². The lowest BCUT2D eigenvalue weighted by molar-refractivity contribution is -0.150. The number of aliphatic carboxylic acids is 1. The predicted octanol–water partition coefficient (Wildman–Crippen LogP) is -0.136. The van der Waals surface area contributed by atoms with Crippen molar-refractivity contribution in [2.24, 2.45) is 0 Å². The lowest BCUT2D eigenvalue weighted by Gasteiger charge is -2.02. The third-order valence-electron chi connectivity index (χ3n) is 2.38. The zero-order valence-electron chi connectivity index (χ0n) is 9.23. The van der Waals surface area contributed by atoms with E-state index in [9.17, 15) is 14.4 Å². The molecule has 7 nitrogen and oxygen atoms in total. The Labute approximate surface area is 100 Å². The molecule has 0 atom stereocenters. The van der Waals surface area contributed by atoms with Crippen molar-refractivity contribution in [2.45, 2.75) is 6.42 Å². The highest BCUT2D eigenvalue weighted by molar-refractivity contribution is 6.31. The highest BCUT2D eigenvalue weighted by Crippen LogP contribution is 2.12. The van der Waals surface area contributed by atoms with Crippen molar-refractivity contribution in [3.8, 4) is 0 Å². The smallest absolute Gasteiger partial charge is 0.417 e. The second-order valence-electron chi connectivity index (χ2n) is 3.66. The molecule has 1 aromatic carbocycles. The van der Waals surface area contributed by atoms with Crippen LogP contribution in [0.15, 0.2) is 27.4 Å². The zero-order chi connectivity index (χ0) is 13.1. The summed E-state index contributed by atoms with van der Waals surface area (Å²) in [5.74, 6) is -3.08. The molecule has 0 saturated heterocycles. The number of carboxylic acid groups (broad SMARTS) is 1. The monoisotopic (exact) mass is 250 g/mol. The molecule has 0 bridgehead atoms. The third-order valence-corrected chi connectivity index (χ3v) is 2.38. The lowest BCUT2D eigenvalue weighted by Crippen LogP contribution is -2.32. The fourth-order valence-corrected chi connectivity index (χ4v) is 1.54. The Morgan fingerprint density at radius 3 is 2.89 bits per heavy atom. The van der Waals surface area contributed by atoms with Gasteiger partial charge in [-0.1, -0.05) is 6.07 Å². The standard InChI is InChI=1S/C11H10N2O5/c14-9(10(15)16)12-4-3-6-1-2-7-8(5-6)18-11(17)13-7/h1-2,5H,3-4H2,(H,12,14)(H,13,17)(H,15,16). The molecule has 3 N–H and O–H groups in total. The van der Waals surface area contributed by atoms with Gasteiger partial charge in [0, 0.05) is 6.54 Å². The number of carbonyl (C=O) groups is 2. The van der Waals surface area contributed by atoms with Gasteiger partial charge in [-0.15, -0.1) is 0 Å². The first-order valence-electron chi connectivity index (χ1n) is 5.19. The average Bonchev–Trinajstić information content (AvgIpc) is 2.68. The van der Waals surface area contributed by atoms with Gasteiger partial charge in [-0.3, -0.25) is 9.78 Å². The molecule has 0 spiro atoms. The normalized spacial score (nSPS) is 10.4. The molecular formula is C11H10N2O5. The molecule has 0 fully saturated rings. The molecule has 0 aliphatic rings. The van der Waals surface area contributed by atoms with Crippen LogP contribution in [0.25, 0.3) is 11.1 Å². The number of nitrogens with one attached hydrogen (secondary N) is 2. The minimum atomic E-state index is -1.51. The highest BCUT2D eigenvalue weighted by Gasteiger charge is 2.09. The summed E-state index contributed by atoms with van der Waals surface area (Å²) < 4.78 is 4.88. The Morgan fingerprint density at radius 1 is 1.39 bits per heavy atom. The van der Waals surface area contributed by atoms with E-state index in [4.69, 9.17) is 9.52 Å². The summed E-state index contributed by atoms with van der Waals surface area (Å²) in [7, 11) is 0. The van der Waals surface area contributed by atoms with Crippen LogP contribution < -0.4 is 11.1 Å². The quantitative estimate of drug-likeness (QED) is 0.656. The van der Waals surface area contributed by atoms with E-state index in [1.54, 1.807) is 18.2 Å². The first kappa shape index (κ1) is 11.9. The van der Waals surface area contributed by atoms with E-state index in [0.29, 0.717) is 17.5 Å². The van der Waals surface area contributed by atoms with Crippen molar-refractivity contribution in [3.63, 3.8) is 0 Å². The van der Waals surface area contributed by atoms with Gasteiger partial charge in [0.2, 0.25) is 0 Å². The molecule has 2 aromatic rings. The molecule has 0 radical (unpaired) electrons. The molecule has 1 amide bonds. The Kier molecular flexibility index (Phi) is 3.13. The van der Waals surface area contributed by atoms with Gasteiger partial charge in [-0.25, -0.2) is 9.59 Å². The van der Waals surface area contributed by atoms with Gasteiger partial charge in [-0.2, -0.15) is 0 Å². The summed E-state index contributed by atoms with van der Waals surface area (Å²) in [6.07, 6.45) is 0.448. The first-order valence-corrected chi connectivity index (χ1v) is 5.19. The van der Waals surface area contributed by atoms with E-state index >= 15 is 0 Å². The topological polar surface area (TPSA) is 112 Å². The average molecular weight is 250 g/mol. The second-order valence-corrected chi connectivity index (χ2v) is 3.66. The van der Waals surface area contributed by atoms with Crippen molar-refractivity contribution in [1.82, 2.24) is 10.3 Å². The van der Waals surface area contributed by atoms with Gasteiger partial charge in [-0.05, 0) is 24.1 Å². The Balaban J connectivity index is 2.01. The van der Waals surface area contributed by atoms with Crippen molar-refractivity contribution < 1.29 is 19.1 Å². The molecule has 7 heteroatoms. The van der Waals surface area contributed by atoms with Crippen molar-refractivity contribution in [2.75, 3.05) is 6.54 Å². The maximum atomic E-state index is 10.9. The molecule has 0 unspecified atom stereocenters. The zero-order valence-corrected chi connectivity index (χ0v) is 9.23. The molecule has 0 aliphatic carbocycles. The van der Waals surface area contributed by atoms with Crippen molar-refractivity contribution >= 4 is 23.0 Å². The number of hydrogen-bond donors (Lipinski definition) is 3. The van der Waals surface area contributed by atoms with Gasteiger partial charge in [0.1, 0.15) is 0 Å². The number of carbonyl (C=O) groups excluding carboxylic acids is 1. The largest absolute Gasteiger partial charge is 0.474 e. The van der Waals surface area contributed by atoms with Crippen LogP contribution in [0.4, 0.5) is 0 Å². The van der Waals surface area contributed by atoms with Gasteiger partial charge < -0.3 is 14.8 Å². The van der Waals surface area contributed by atoms with E-state index in [2.05, 4.69) is 10.3 Å². The fraction of sp³-hybridized carbons (Fsp3) is 0.182. The summed E-state index contributed by atoms with van der Waals surface area (Å²) in [5, 5.41) is 10.6. The number of rotatable bonds is 3. The number of carboxylic acids is 1. The van der Waals surface area contributed by atoms with E-state index in [0.717, 1.165) is 5.56 Å². The molecule has 1 heterocycles. The lowest BCUT2D eigenvalue weighted by atomic mass is 10.1. The number of aromatic nitrogens is 1. The van der Waals surface area contributed by atoms with Crippen molar-refractivity contribution in [1.29, 1.82) is 0 Å². The number of hydrogen-bond acceptors (Lipinski definition) is 4.